The minimum absolute atomic E-state index is 0.410. The van der Waals surface area contributed by atoms with Gasteiger partial charge in [0.05, 0.1) is 6.54 Å². The van der Waals surface area contributed by atoms with Crippen LogP contribution in [0.2, 0.25) is 0 Å². The van der Waals surface area contributed by atoms with E-state index in [2.05, 4.69) is 5.32 Å². The van der Waals surface area contributed by atoms with E-state index in [0.29, 0.717) is 19.6 Å². The molecule has 1 fully saturated rings. The number of rotatable bonds is 1. The number of carbonyl (C=O) groups excluding carboxylic acids is 2. The summed E-state index contributed by atoms with van der Waals surface area (Å²) in [6.45, 7) is 8.28. The summed E-state index contributed by atoms with van der Waals surface area (Å²) in [6, 6.07) is 0. The minimum atomic E-state index is -0.587. The smallest absolute Gasteiger partial charge is 0.413 e. The first-order valence-electron chi connectivity index (χ1n) is 5.67. The van der Waals surface area contributed by atoms with Crippen LogP contribution in [0.15, 0.2) is 0 Å². The van der Waals surface area contributed by atoms with Gasteiger partial charge < -0.3 is 14.8 Å². The van der Waals surface area contributed by atoms with Crippen LogP contribution < -0.4 is 5.32 Å². The molecule has 1 N–H and O–H groups in total. The van der Waals surface area contributed by atoms with Crippen LogP contribution in [-0.4, -0.2) is 48.4 Å². The summed E-state index contributed by atoms with van der Waals surface area (Å²) in [4.78, 5) is 24.3. The van der Waals surface area contributed by atoms with Gasteiger partial charge in [-0.3, -0.25) is 9.69 Å². The fourth-order valence-electron chi connectivity index (χ4n) is 1.51. The normalized spacial score (nSPS) is 20.9. The lowest BCUT2D eigenvalue weighted by atomic mass is 10.2. The van der Waals surface area contributed by atoms with Crippen LogP contribution in [0.1, 0.15) is 27.7 Å². The maximum Gasteiger partial charge on any atom is 0.413 e. The third-order valence-corrected chi connectivity index (χ3v) is 2.13. The van der Waals surface area contributed by atoms with Gasteiger partial charge in [-0.2, -0.15) is 0 Å². The van der Waals surface area contributed by atoms with Gasteiger partial charge in [0.1, 0.15) is 5.60 Å². The summed E-state index contributed by atoms with van der Waals surface area (Å²) < 4.78 is 10.3. The zero-order chi connectivity index (χ0) is 13.1. The highest BCUT2D eigenvalue weighted by atomic mass is 16.6. The van der Waals surface area contributed by atoms with E-state index < -0.39 is 23.9 Å². The number of nitrogens with zero attached hydrogens (tertiary/aromatic N) is 1. The Morgan fingerprint density at radius 2 is 2.00 bits per heavy atom. The summed E-state index contributed by atoms with van der Waals surface area (Å²) in [5.41, 5.74) is -0.553. The molecule has 6 heteroatoms. The van der Waals surface area contributed by atoms with Gasteiger partial charge in [0, 0.05) is 20.0 Å². The molecule has 1 rings (SSSR count). The zero-order valence-electron chi connectivity index (χ0n) is 10.8. The Labute approximate surface area is 101 Å². The van der Waals surface area contributed by atoms with Crippen LogP contribution in [0.25, 0.3) is 0 Å². The summed E-state index contributed by atoms with van der Waals surface area (Å²) >= 11 is 0. The molecule has 1 saturated heterocycles. The maximum atomic E-state index is 11.9. The first kappa shape index (κ1) is 13.8. The Morgan fingerprint density at radius 1 is 1.35 bits per heavy atom. The molecular formula is C11H20N2O4. The molecule has 0 saturated carbocycles. The van der Waals surface area contributed by atoms with E-state index >= 15 is 0 Å². The molecule has 1 atom stereocenters. The number of piperazine rings is 1. The number of ether oxygens (including phenoxy) is 2. The Morgan fingerprint density at radius 3 is 2.53 bits per heavy atom. The fraction of sp³-hybridized carbons (Fsp3) is 0.818. The molecule has 17 heavy (non-hydrogen) atoms. The Balaban J connectivity index is 2.64. The lowest BCUT2D eigenvalue weighted by molar-refractivity contribution is -0.156. The quantitative estimate of drug-likeness (QED) is 0.688. The minimum Gasteiger partial charge on any atom is -0.444 e. The number of nitrogens with one attached hydrogen (secondary N) is 1. The highest BCUT2D eigenvalue weighted by Crippen LogP contribution is 2.13. The van der Waals surface area contributed by atoms with Crippen LogP contribution in [0.3, 0.4) is 0 Å². The van der Waals surface area contributed by atoms with Crippen LogP contribution in [0, 0.1) is 0 Å². The van der Waals surface area contributed by atoms with E-state index in [9.17, 15) is 9.59 Å². The van der Waals surface area contributed by atoms with Crippen LogP contribution in [-0.2, 0) is 14.3 Å². The van der Waals surface area contributed by atoms with E-state index in [1.807, 2.05) is 0 Å². The molecule has 98 valence electrons. The number of amides is 1. The molecule has 0 spiro atoms. The standard InChI is InChI=1S/C11H20N2O4/c1-8(14)16-9-7-12-5-6-13(9)10(15)17-11(2,3)4/h9,12H,5-7H2,1-4H3/t9-/m0/s1. The average molecular weight is 244 g/mol. The molecule has 0 aromatic carbocycles. The van der Waals surface area contributed by atoms with E-state index in [-0.39, 0.29) is 0 Å². The van der Waals surface area contributed by atoms with Crippen molar-refractivity contribution in [3.8, 4) is 0 Å². The molecule has 1 heterocycles. The highest BCUT2D eigenvalue weighted by molar-refractivity contribution is 5.70. The predicted molar refractivity (Wildman–Crippen MR) is 61.4 cm³/mol. The lowest BCUT2D eigenvalue weighted by Gasteiger charge is -2.36. The molecule has 0 bridgehead atoms. The largest absolute Gasteiger partial charge is 0.444 e. The van der Waals surface area contributed by atoms with Gasteiger partial charge >= 0.3 is 12.1 Å². The molecule has 1 aliphatic heterocycles. The number of esters is 1. The van der Waals surface area contributed by atoms with Crippen molar-refractivity contribution in [1.82, 2.24) is 10.2 Å². The highest BCUT2D eigenvalue weighted by Gasteiger charge is 2.32. The van der Waals surface area contributed by atoms with Crippen LogP contribution >= 0.6 is 0 Å². The van der Waals surface area contributed by atoms with Crippen molar-refractivity contribution in [3.05, 3.63) is 0 Å². The van der Waals surface area contributed by atoms with E-state index in [4.69, 9.17) is 9.47 Å². The number of hydrogen-bond acceptors (Lipinski definition) is 5. The van der Waals surface area contributed by atoms with Crippen molar-refractivity contribution in [2.75, 3.05) is 19.6 Å². The van der Waals surface area contributed by atoms with Gasteiger partial charge in [0.15, 0.2) is 6.23 Å². The fourth-order valence-corrected chi connectivity index (χ4v) is 1.51. The van der Waals surface area contributed by atoms with Gasteiger partial charge in [-0.05, 0) is 20.8 Å². The molecule has 0 radical (unpaired) electrons. The summed E-state index contributed by atoms with van der Waals surface area (Å²) in [7, 11) is 0. The van der Waals surface area contributed by atoms with Crippen molar-refractivity contribution in [1.29, 1.82) is 0 Å². The van der Waals surface area contributed by atoms with E-state index in [1.165, 1.54) is 11.8 Å². The molecule has 0 aromatic heterocycles. The van der Waals surface area contributed by atoms with Crippen LogP contribution in [0.4, 0.5) is 4.79 Å². The van der Waals surface area contributed by atoms with Gasteiger partial charge in [-0.25, -0.2) is 4.79 Å². The van der Waals surface area contributed by atoms with Crippen LogP contribution in [0.5, 0.6) is 0 Å². The molecule has 0 aliphatic carbocycles. The second kappa shape index (κ2) is 5.35. The van der Waals surface area contributed by atoms with Gasteiger partial charge in [-0.1, -0.05) is 0 Å². The van der Waals surface area contributed by atoms with Crippen molar-refractivity contribution in [2.24, 2.45) is 0 Å². The Kier molecular flexibility index (Phi) is 4.34. The zero-order valence-corrected chi connectivity index (χ0v) is 10.8. The van der Waals surface area contributed by atoms with Crippen molar-refractivity contribution >= 4 is 12.1 Å². The molecule has 0 unspecified atom stereocenters. The predicted octanol–water partition coefficient (Wildman–Crippen LogP) is 0.716. The average Bonchev–Trinajstić information content (AvgIpc) is 2.14. The van der Waals surface area contributed by atoms with E-state index in [0.717, 1.165) is 0 Å². The van der Waals surface area contributed by atoms with Gasteiger partial charge in [0.25, 0.3) is 0 Å². The summed E-state index contributed by atoms with van der Waals surface area (Å²) in [5.74, 6) is -0.410. The summed E-state index contributed by atoms with van der Waals surface area (Å²) in [5, 5.41) is 3.06. The maximum absolute atomic E-state index is 11.9. The molecule has 1 aliphatic rings. The monoisotopic (exact) mass is 244 g/mol. The molecular weight excluding hydrogens is 224 g/mol. The van der Waals surface area contributed by atoms with Gasteiger partial charge in [0.2, 0.25) is 0 Å². The topological polar surface area (TPSA) is 67.9 Å². The molecule has 6 nitrogen and oxygen atoms in total. The SMILES string of the molecule is CC(=O)O[C@H]1CNCCN1C(=O)OC(C)(C)C. The third kappa shape index (κ3) is 4.60. The molecule has 0 aromatic rings. The third-order valence-electron chi connectivity index (χ3n) is 2.13. The summed E-state index contributed by atoms with van der Waals surface area (Å²) in [6.07, 6.45) is -1.04. The Bertz CT molecular complexity index is 298. The molecule has 1 amide bonds. The Hall–Kier alpha value is -1.30. The van der Waals surface area contributed by atoms with Crippen molar-refractivity contribution in [3.63, 3.8) is 0 Å². The van der Waals surface area contributed by atoms with Crippen molar-refractivity contribution < 1.29 is 19.1 Å². The van der Waals surface area contributed by atoms with E-state index in [1.54, 1.807) is 20.8 Å². The first-order chi connectivity index (χ1) is 7.79. The first-order valence-corrected chi connectivity index (χ1v) is 5.67. The number of carbonyl (C=O) groups is 2. The second-order valence-corrected chi connectivity index (χ2v) is 4.94. The second-order valence-electron chi connectivity index (χ2n) is 4.94. The van der Waals surface area contributed by atoms with Crippen molar-refractivity contribution in [2.45, 2.75) is 39.5 Å². The number of hydrogen-bond donors (Lipinski definition) is 1. The van der Waals surface area contributed by atoms with Gasteiger partial charge in [-0.15, -0.1) is 0 Å². The lowest BCUT2D eigenvalue weighted by Crippen LogP contribution is -2.56.